The van der Waals surface area contributed by atoms with Gasteiger partial charge in [-0.25, -0.2) is 0 Å². The van der Waals surface area contributed by atoms with Crippen LogP contribution in [0.5, 0.6) is 11.5 Å². The van der Waals surface area contributed by atoms with Gasteiger partial charge in [0.2, 0.25) is 11.9 Å². The van der Waals surface area contributed by atoms with Gasteiger partial charge in [-0.15, -0.1) is 10.2 Å². The zero-order chi connectivity index (χ0) is 14.0. The number of nitrogens with zero attached hydrogens (tertiary/aromatic N) is 4. The van der Waals surface area contributed by atoms with E-state index in [0.29, 0.717) is 30.4 Å². The average Bonchev–Trinajstić information content (AvgIpc) is 2.72. The summed E-state index contributed by atoms with van der Waals surface area (Å²) < 4.78 is 1.68. The quantitative estimate of drug-likeness (QED) is 0.694. The number of nitrogen functional groups attached to an aromatic ring is 1. The van der Waals surface area contributed by atoms with Crippen molar-refractivity contribution in [3.05, 3.63) is 23.8 Å². The van der Waals surface area contributed by atoms with Crippen LogP contribution < -0.4 is 10.6 Å². The van der Waals surface area contributed by atoms with E-state index in [0.717, 1.165) is 0 Å². The number of anilines is 2. The van der Waals surface area contributed by atoms with E-state index in [2.05, 4.69) is 10.2 Å². The van der Waals surface area contributed by atoms with Gasteiger partial charge in [-0.2, -0.15) is 0 Å². The van der Waals surface area contributed by atoms with Crippen LogP contribution in [0, 0.1) is 0 Å². The van der Waals surface area contributed by atoms with Crippen LogP contribution in [0.1, 0.15) is 5.56 Å². The first kappa shape index (κ1) is 13.0. The van der Waals surface area contributed by atoms with Crippen LogP contribution in [0.3, 0.4) is 0 Å². The topological polar surface area (TPSA) is 100 Å². The number of benzene rings is 1. The monoisotopic (exact) mass is 263 g/mol. The van der Waals surface area contributed by atoms with Crippen molar-refractivity contribution in [1.29, 1.82) is 0 Å². The molecule has 0 saturated heterocycles. The Labute approximate surface area is 110 Å². The molecule has 0 fully saturated rings. The number of likely N-dealkylation sites (N-methyl/N-ethyl adjacent to an activating group) is 1. The van der Waals surface area contributed by atoms with Crippen molar-refractivity contribution in [3.63, 3.8) is 0 Å². The van der Waals surface area contributed by atoms with Gasteiger partial charge in [0, 0.05) is 20.6 Å². The van der Waals surface area contributed by atoms with E-state index < -0.39 is 0 Å². The van der Waals surface area contributed by atoms with Gasteiger partial charge in [0.25, 0.3) is 0 Å². The van der Waals surface area contributed by atoms with E-state index >= 15 is 0 Å². The summed E-state index contributed by atoms with van der Waals surface area (Å²) in [6, 6.07) is 4.92. The molecule has 4 N–H and O–H groups in total. The van der Waals surface area contributed by atoms with Crippen molar-refractivity contribution in [3.8, 4) is 11.5 Å². The molecule has 0 bridgehead atoms. The van der Waals surface area contributed by atoms with E-state index in [1.807, 2.05) is 11.9 Å². The zero-order valence-electron chi connectivity index (χ0n) is 10.9. The van der Waals surface area contributed by atoms with Gasteiger partial charge in [0.15, 0.2) is 11.5 Å². The Bertz CT molecular complexity index is 581. The highest BCUT2D eigenvalue weighted by atomic mass is 16.3. The second kappa shape index (κ2) is 5.05. The zero-order valence-corrected chi connectivity index (χ0v) is 10.9. The van der Waals surface area contributed by atoms with E-state index in [1.54, 1.807) is 23.7 Å². The number of hydrogen-bond acceptors (Lipinski definition) is 6. The fraction of sp³-hybridized carbons (Fsp3) is 0.333. The highest BCUT2D eigenvalue weighted by Gasteiger charge is 2.12. The molecule has 0 aliphatic heterocycles. The smallest absolute Gasteiger partial charge is 0.228 e. The Morgan fingerprint density at radius 2 is 2.05 bits per heavy atom. The minimum Gasteiger partial charge on any atom is -0.504 e. The molecule has 1 heterocycles. The molecule has 0 atom stereocenters. The van der Waals surface area contributed by atoms with Gasteiger partial charge in [0.1, 0.15) is 0 Å². The molecule has 0 aliphatic carbocycles. The molecule has 2 rings (SSSR count). The number of nitrogens with two attached hydrogens (primary N) is 1. The lowest BCUT2D eigenvalue weighted by molar-refractivity contribution is 0.399. The summed E-state index contributed by atoms with van der Waals surface area (Å²) in [5.74, 6) is 0.815. The van der Waals surface area contributed by atoms with Crippen LogP contribution in [0.2, 0.25) is 0 Å². The molecule has 0 spiro atoms. The fourth-order valence-corrected chi connectivity index (χ4v) is 1.83. The summed E-state index contributed by atoms with van der Waals surface area (Å²) in [4.78, 5) is 1.88. The highest BCUT2D eigenvalue weighted by Crippen LogP contribution is 2.28. The molecule has 0 radical (unpaired) electrons. The molecule has 19 heavy (non-hydrogen) atoms. The molecular weight excluding hydrogens is 246 g/mol. The van der Waals surface area contributed by atoms with Gasteiger partial charge in [-0.1, -0.05) is 12.1 Å². The van der Waals surface area contributed by atoms with Gasteiger partial charge >= 0.3 is 0 Å². The number of hydrogen-bond donors (Lipinski definition) is 3. The fourth-order valence-electron chi connectivity index (χ4n) is 1.83. The van der Waals surface area contributed by atoms with Crippen LogP contribution in [0.25, 0.3) is 0 Å². The highest BCUT2D eigenvalue weighted by molar-refractivity contribution is 5.45. The van der Waals surface area contributed by atoms with Crippen molar-refractivity contribution in [2.24, 2.45) is 7.05 Å². The maximum Gasteiger partial charge on any atom is 0.228 e. The molecule has 1 aromatic heterocycles. The van der Waals surface area contributed by atoms with E-state index in [9.17, 15) is 10.2 Å². The minimum absolute atomic E-state index is 0.0756. The molecule has 0 amide bonds. The summed E-state index contributed by atoms with van der Waals surface area (Å²) in [5.41, 5.74) is 6.30. The summed E-state index contributed by atoms with van der Waals surface area (Å²) >= 11 is 0. The normalized spacial score (nSPS) is 10.6. The van der Waals surface area contributed by atoms with Crippen LogP contribution in [-0.4, -0.2) is 38.6 Å². The molecule has 0 saturated carbocycles. The van der Waals surface area contributed by atoms with Crippen LogP contribution in [0.4, 0.5) is 11.9 Å². The third-order valence-electron chi connectivity index (χ3n) is 3.04. The Hall–Kier alpha value is -2.44. The van der Waals surface area contributed by atoms with Gasteiger partial charge < -0.3 is 20.8 Å². The van der Waals surface area contributed by atoms with Crippen molar-refractivity contribution in [1.82, 2.24) is 14.8 Å². The molecule has 7 heteroatoms. The van der Waals surface area contributed by atoms with Crippen molar-refractivity contribution in [2.75, 3.05) is 24.2 Å². The first-order valence-electron chi connectivity index (χ1n) is 5.86. The maximum atomic E-state index is 9.72. The Kier molecular flexibility index (Phi) is 3.46. The number of rotatable bonds is 4. The first-order valence-corrected chi connectivity index (χ1v) is 5.86. The average molecular weight is 263 g/mol. The molecule has 1 aromatic carbocycles. The van der Waals surface area contributed by atoms with Crippen LogP contribution in [0.15, 0.2) is 18.2 Å². The third-order valence-corrected chi connectivity index (χ3v) is 3.04. The largest absolute Gasteiger partial charge is 0.504 e. The second-order valence-corrected chi connectivity index (χ2v) is 4.37. The van der Waals surface area contributed by atoms with E-state index in [1.165, 1.54) is 6.07 Å². The summed E-state index contributed by atoms with van der Waals surface area (Å²) in [6.45, 7) is 0.614. The number of aromatic hydroxyl groups is 2. The Morgan fingerprint density at radius 1 is 1.32 bits per heavy atom. The third kappa shape index (κ3) is 2.54. The molecule has 0 unspecified atom stereocenters. The first-order chi connectivity index (χ1) is 9.00. The lowest BCUT2D eigenvalue weighted by atomic mass is 10.1. The summed E-state index contributed by atoms with van der Waals surface area (Å²) in [7, 11) is 3.65. The standard InChI is InChI=1S/C12H17N5O2/c1-16(12-15-14-11(13)17(12)2)7-6-8-4-3-5-9(18)10(8)19/h3-5,18-19H,6-7H2,1-2H3,(H2,13,14). The SMILES string of the molecule is CN(CCc1cccc(O)c1O)c1nnc(N)n1C. The predicted octanol–water partition coefficient (Wildman–Crippen LogP) is 0.487. The van der Waals surface area contributed by atoms with Crippen LogP contribution >= 0.6 is 0 Å². The van der Waals surface area contributed by atoms with E-state index in [-0.39, 0.29) is 11.5 Å². The lowest BCUT2D eigenvalue weighted by Gasteiger charge is -2.17. The molecule has 0 aliphatic rings. The van der Waals surface area contributed by atoms with E-state index in [4.69, 9.17) is 5.73 Å². The number of phenols is 2. The van der Waals surface area contributed by atoms with Crippen molar-refractivity contribution < 1.29 is 10.2 Å². The van der Waals surface area contributed by atoms with Gasteiger partial charge in [-0.3, -0.25) is 4.57 Å². The number of phenolic OH excluding ortho intramolecular Hbond substituents is 2. The van der Waals surface area contributed by atoms with Gasteiger partial charge in [-0.05, 0) is 18.1 Å². The van der Waals surface area contributed by atoms with Gasteiger partial charge in [0.05, 0.1) is 0 Å². The molecule has 102 valence electrons. The predicted molar refractivity (Wildman–Crippen MR) is 72.2 cm³/mol. The molecule has 7 nitrogen and oxygen atoms in total. The minimum atomic E-state index is -0.108. The summed E-state index contributed by atoms with van der Waals surface area (Å²) in [5, 5.41) is 26.9. The number of para-hydroxylation sites is 1. The molecule has 2 aromatic rings. The Morgan fingerprint density at radius 3 is 2.68 bits per heavy atom. The summed E-state index contributed by atoms with van der Waals surface area (Å²) in [6.07, 6.45) is 0.573. The lowest BCUT2D eigenvalue weighted by Crippen LogP contribution is -2.23. The maximum absolute atomic E-state index is 9.72. The second-order valence-electron chi connectivity index (χ2n) is 4.37. The van der Waals surface area contributed by atoms with Crippen molar-refractivity contribution in [2.45, 2.75) is 6.42 Å². The Balaban J connectivity index is 2.06. The van der Waals surface area contributed by atoms with Crippen LogP contribution in [-0.2, 0) is 13.5 Å². The van der Waals surface area contributed by atoms with Crippen molar-refractivity contribution >= 4 is 11.9 Å². The number of aromatic nitrogens is 3. The molecular formula is C12H17N5O2.